The van der Waals surface area contributed by atoms with Crippen LogP contribution in [0.15, 0.2) is 47.4 Å². The van der Waals surface area contributed by atoms with Crippen molar-refractivity contribution < 1.29 is 35.5 Å². The van der Waals surface area contributed by atoms with Crippen molar-refractivity contribution in [1.29, 1.82) is 0 Å². The van der Waals surface area contributed by atoms with E-state index in [0.29, 0.717) is 10.4 Å². The Balaban J connectivity index is 1.97. The zero-order valence-electron chi connectivity index (χ0n) is 16.3. The van der Waals surface area contributed by atoms with Gasteiger partial charge >= 0.3 is 6.18 Å². The van der Waals surface area contributed by atoms with Gasteiger partial charge in [0.25, 0.3) is 15.9 Å². The highest BCUT2D eigenvalue weighted by atomic mass is 32.2. The number of amides is 1. The van der Waals surface area contributed by atoms with Crippen molar-refractivity contribution in [3.8, 4) is 5.75 Å². The van der Waals surface area contributed by atoms with Crippen LogP contribution in [-0.2, 0) is 21.0 Å². The fraction of sp³-hybridized carbons (Fsp3) is 0.300. The van der Waals surface area contributed by atoms with Crippen LogP contribution in [0.5, 0.6) is 5.75 Å². The van der Waals surface area contributed by atoms with Crippen LogP contribution in [0.4, 0.5) is 23.2 Å². The molecule has 2 aromatic carbocycles. The van der Waals surface area contributed by atoms with E-state index in [4.69, 9.17) is 11.3 Å². The molecule has 11 heteroatoms. The number of halogens is 4. The fourth-order valence-corrected chi connectivity index (χ4v) is 4.87. The van der Waals surface area contributed by atoms with Gasteiger partial charge in [-0.3, -0.25) is 4.79 Å². The molecule has 1 atom stereocenters. The van der Waals surface area contributed by atoms with E-state index in [0.717, 1.165) is 24.3 Å². The zero-order valence-corrected chi connectivity index (χ0v) is 17.1. The number of nitrogens with zero attached hydrogens (tertiary/aromatic N) is 2. The first kappa shape index (κ1) is 22.6. The number of ether oxygens (including phenoxy) is 1. The summed E-state index contributed by atoms with van der Waals surface area (Å²) in [6, 6.07) is 7.13. The minimum Gasteiger partial charge on any atom is -0.480 e. The molecule has 164 valence electrons. The molecular formula is C20H16F4N2O4S. The van der Waals surface area contributed by atoms with Crippen molar-refractivity contribution >= 4 is 21.6 Å². The molecule has 1 amide bonds. The minimum absolute atomic E-state index is 0.351. The van der Waals surface area contributed by atoms with Gasteiger partial charge in [0, 0.05) is 12.0 Å². The van der Waals surface area contributed by atoms with Crippen LogP contribution in [0.1, 0.15) is 19.4 Å². The quantitative estimate of drug-likeness (QED) is 0.505. The Morgan fingerprint density at radius 3 is 2.42 bits per heavy atom. The number of sulfonamides is 1. The molecule has 0 bridgehead atoms. The van der Waals surface area contributed by atoms with E-state index in [1.54, 1.807) is 0 Å². The van der Waals surface area contributed by atoms with Crippen molar-refractivity contribution in [3.05, 3.63) is 65.3 Å². The molecule has 1 heterocycles. The van der Waals surface area contributed by atoms with Gasteiger partial charge in [-0.2, -0.15) is 13.2 Å². The smallest absolute Gasteiger partial charge is 0.407 e. The molecule has 1 unspecified atom stereocenters. The lowest BCUT2D eigenvalue weighted by atomic mass is 9.89. The number of carbonyl (C=O) groups excluding carboxylic acids is 1. The minimum atomic E-state index is -4.82. The predicted octanol–water partition coefficient (Wildman–Crippen LogP) is 4.40. The topological polar surface area (TPSA) is 68.0 Å². The molecule has 3 rings (SSSR count). The van der Waals surface area contributed by atoms with E-state index in [1.165, 1.54) is 26.0 Å². The summed E-state index contributed by atoms with van der Waals surface area (Å²) in [7, 11) is -4.55. The van der Waals surface area contributed by atoms with Crippen LogP contribution in [0.3, 0.4) is 0 Å². The summed E-state index contributed by atoms with van der Waals surface area (Å²) in [6.07, 6.45) is -6.27. The van der Waals surface area contributed by atoms with Crippen LogP contribution in [0.25, 0.3) is 4.85 Å². The average molecular weight is 456 g/mol. The van der Waals surface area contributed by atoms with Gasteiger partial charge in [0.1, 0.15) is 16.5 Å². The molecule has 1 aliphatic rings. The Hall–Kier alpha value is -3.13. The first-order chi connectivity index (χ1) is 14.3. The normalized spacial score (nSPS) is 18.7. The molecule has 0 aliphatic carbocycles. The molecule has 31 heavy (non-hydrogen) atoms. The number of rotatable bonds is 4. The second-order valence-electron chi connectivity index (χ2n) is 7.56. The molecule has 1 saturated heterocycles. The van der Waals surface area contributed by atoms with Gasteiger partial charge in [-0.25, -0.2) is 22.0 Å². The van der Waals surface area contributed by atoms with E-state index in [1.807, 2.05) is 0 Å². The molecule has 2 aromatic rings. The standard InChI is InChI=1S/C20H16F4N2O4S/c1-19(2)11-26(31(28,29)16-7-5-4-6-14(16)21)18(27)17(19)30-12-8-9-15(25-3)13(10-12)20(22,23)24/h4-10,17H,11H2,1-2H3. The third kappa shape index (κ3) is 4.07. The van der Waals surface area contributed by atoms with Gasteiger partial charge in [-0.05, 0) is 24.3 Å². The second kappa shape index (κ2) is 7.53. The van der Waals surface area contributed by atoms with E-state index in [2.05, 4.69) is 4.85 Å². The van der Waals surface area contributed by atoms with E-state index < -0.39 is 55.6 Å². The van der Waals surface area contributed by atoms with Gasteiger partial charge < -0.3 is 4.74 Å². The third-order valence-corrected chi connectivity index (χ3v) is 6.56. The lowest BCUT2D eigenvalue weighted by Gasteiger charge is -2.24. The average Bonchev–Trinajstić information content (AvgIpc) is 2.91. The number of carbonyl (C=O) groups is 1. The zero-order chi connectivity index (χ0) is 23.2. The largest absolute Gasteiger partial charge is 0.480 e. The Morgan fingerprint density at radius 1 is 1.19 bits per heavy atom. The van der Waals surface area contributed by atoms with Crippen LogP contribution in [0.2, 0.25) is 0 Å². The van der Waals surface area contributed by atoms with Crippen LogP contribution in [0, 0.1) is 17.8 Å². The first-order valence-electron chi connectivity index (χ1n) is 8.85. The maximum Gasteiger partial charge on any atom is 0.407 e. The highest BCUT2D eigenvalue weighted by Gasteiger charge is 2.53. The fourth-order valence-electron chi connectivity index (χ4n) is 3.23. The SMILES string of the molecule is [C-]#[N+]c1ccc(OC2C(=O)N(S(=O)(=O)c3ccccc3F)CC2(C)C)cc1C(F)(F)F. The van der Waals surface area contributed by atoms with Gasteiger partial charge in [-0.1, -0.05) is 32.0 Å². The molecule has 0 spiro atoms. The summed E-state index contributed by atoms with van der Waals surface area (Å²) >= 11 is 0. The van der Waals surface area contributed by atoms with Crippen LogP contribution < -0.4 is 4.74 Å². The van der Waals surface area contributed by atoms with Crippen molar-refractivity contribution in [3.63, 3.8) is 0 Å². The summed E-state index contributed by atoms with van der Waals surface area (Å²) in [5.41, 5.74) is -3.01. The molecule has 0 N–H and O–H groups in total. The second-order valence-corrected chi connectivity index (χ2v) is 9.39. The number of benzene rings is 2. The first-order valence-corrected chi connectivity index (χ1v) is 10.3. The Bertz CT molecular complexity index is 1190. The highest BCUT2D eigenvalue weighted by molar-refractivity contribution is 7.89. The molecular weight excluding hydrogens is 440 g/mol. The number of hydrogen-bond donors (Lipinski definition) is 0. The number of alkyl halides is 3. The molecule has 1 fully saturated rings. The molecule has 0 saturated carbocycles. The maximum absolute atomic E-state index is 14.1. The van der Waals surface area contributed by atoms with Crippen molar-refractivity contribution in [2.75, 3.05) is 6.54 Å². The predicted molar refractivity (Wildman–Crippen MR) is 101 cm³/mol. The monoisotopic (exact) mass is 456 g/mol. The van der Waals surface area contributed by atoms with Crippen molar-refractivity contribution in [2.45, 2.75) is 31.0 Å². The van der Waals surface area contributed by atoms with Crippen molar-refractivity contribution in [2.24, 2.45) is 5.41 Å². The summed E-state index contributed by atoms with van der Waals surface area (Å²) < 4.78 is 85.3. The summed E-state index contributed by atoms with van der Waals surface area (Å²) in [5, 5.41) is 0. The molecule has 0 radical (unpaired) electrons. The Labute approximate surface area is 175 Å². The Morgan fingerprint density at radius 2 is 1.84 bits per heavy atom. The Kier molecular flexibility index (Phi) is 5.48. The third-order valence-electron chi connectivity index (χ3n) is 4.78. The lowest BCUT2D eigenvalue weighted by molar-refractivity contribution is -0.137. The van der Waals surface area contributed by atoms with Crippen LogP contribution >= 0.6 is 0 Å². The summed E-state index contributed by atoms with van der Waals surface area (Å²) in [4.78, 5) is 15.0. The maximum atomic E-state index is 14.1. The van der Waals surface area contributed by atoms with Gasteiger partial charge in [0.2, 0.25) is 0 Å². The molecule has 1 aliphatic heterocycles. The van der Waals surface area contributed by atoms with E-state index in [9.17, 15) is 30.8 Å². The molecule has 0 aromatic heterocycles. The van der Waals surface area contributed by atoms with E-state index >= 15 is 0 Å². The summed E-state index contributed by atoms with van der Waals surface area (Å²) in [5.74, 6) is -2.42. The van der Waals surface area contributed by atoms with Gasteiger partial charge in [-0.15, -0.1) is 0 Å². The highest BCUT2D eigenvalue weighted by Crippen LogP contribution is 2.41. The van der Waals surface area contributed by atoms with Crippen molar-refractivity contribution in [1.82, 2.24) is 4.31 Å². The van der Waals surface area contributed by atoms with Crippen LogP contribution in [-0.4, -0.2) is 31.3 Å². The van der Waals surface area contributed by atoms with Gasteiger partial charge in [0.15, 0.2) is 11.8 Å². The summed E-state index contributed by atoms with van der Waals surface area (Å²) in [6.45, 7) is 9.52. The lowest BCUT2D eigenvalue weighted by Crippen LogP contribution is -2.38. The molecule has 6 nitrogen and oxygen atoms in total. The van der Waals surface area contributed by atoms with E-state index in [-0.39, 0.29) is 12.3 Å². The number of hydrogen-bond acceptors (Lipinski definition) is 4. The van der Waals surface area contributed by atoms with Gasteiger partial charge in [0.05, 0.1) is 12.1 Å².